The summed E-state index contributed by atoms with van der Waals surface area (Å²) in [5.74, 6) is 0. The smallest absolute Gasteiger partial charge is 0.188 e. The molecule has 3 aromatic rings. The van der Waals surface area contributed by atoms with E-state index in [1.54, 1.807) is 11.3 Å². The number of fused-ring (bicyclic) bond motifs is 1. The Morgan fingerprint density at radius 2 is 1.94 bits per heavy atom. The molecular weight excluding hydrogens is 308 g/mol. The fourth-order valence-corrected chi connectivity index (χ4v) is 3.62. The van der Waals surface area contributed by atoms with E-state index in [-0.39, 0.29) is 0 Å². The van der Waals surface area contributed by atoms with Gasteiger partial charge in [-0.1, -0.05) is 29.5 Å². The molecule has 1 N–H and O–H groups in total. The van der Waals surface area contributed by atoms with Gasteiger partial charge >= 0.3 is 0 Å². The molecule has 0 saturated carbocycles. The minimum absolute atomic E-state index is 0.919. The molecule has 0 amide bonds. The van der Waals surface area contributed by atoms with E-state index in [4.69, 9.17) is 0 Å². The van der Waals surface area contributed by atoms with Crippen molar-refractivity contribution in [3.63, 3.8) is 0 Å². The number of hydrogen-bond donors (Lipinski definition) is 1. The Bertz CT molecular complexity index is 692. The first kappa shape index (κ1) is 11.7. The molecule has 0 fully saturated rings. The fourth-order valence-electron chi connectivity index (χ4n) is 1.82. The SMILES string of the molecule is Cc1cc(Br)c2nc(Nc3ccccc3)sc2c1. The summed E-state index contributed by atoms with van der Waals surface area (Å²) < 4.78 is 2.25. The number of aromatic nitrogens is 1. The molecule has 2 nitrogen and oxygen atoms in total. The van der Waals surface area contributed by atoms with Crippen LogP contribution >= 0.6 is 27.3 Å². The third-order valence-electron chi connectivity index (χ3n) is 2.62. The lowest BCUT2D eigenvalue weighted by atomic mass is 10.2. The average Bonchev–Trinajstić information content (AvgIpc) is 2.73. The van der Waals surface area contributed by atoms with Crippen molar-refractivity contribution in [2.24, 2.45) is 0 Å². The molecule has 1 heterocycles. The zero-order valence-corrected chi connectivity index (χ0v) is 12.2. The number of para-hydroxylation sites is 1. The second-order valence-corrected chi connectivity index (χ2v) is 5.99. The Kier molecular flexibility index (Phi) is 3.06. The lowest BCUT2D eigenvalue weighted by Crippen LogP contribution is -1.87. The third kappa shape index (κ3) is 2.26. The number of hydrogen-bond acceptors (Lipinski definition) is 3. The maximum atomic E-state index is 4.61. The molecule has 3 rings (SSSR count). The summed E-state index contributed by atoms with van der Waals surface area (Å²) in [4.78, 5) is 4.61. The summed E-state index contributed by atoms with van der Waals surface area (Å²) in [7, 11) is 0. The maximum Gasteiger partial charge on any atom is 0.188 e. The zero-order chi connectivity index (χ0) is 12.5. The Labute approximate surface area is 118 Å². The maximum absolute atomic E-state index is 4.61. The topological polar surface area (TPSA) is 24.9 Å². The first-order valence-corrected chi connectivity index (χ1v) is 7.22. The predicted octanol–water partition coefficient (Wildman–Crippen LogP) is 5.11. The summed E-state index contributed by atoms with van der Waals surface area (Å²) >= 11 is 5.23. The average molecular weight is 319 g/mol. The number of nitrogens with one attached hydrogen (secondary N) is 1. The minimum atomic E-state index is 0.919. The van der Waals surface area contributed by atoms with E-state index in [0.29, 0.717) is 0 Å². The molecule has 0 aliphatic heterocycles. The zero-order valence-electron chi connectivity index (χ0n) is 9.77. The molecule has 0 bridgehead atoms. The largest absolute Gasteiger partial charge is 0.332 e. The molecule has 18 heavy (non-hydrogen) atoms. The molecular formula is C14H11BrN2S. The molecule has 4 heteroatoms. The second kappa shape index (κ2) is 4.71. The summed E-state index contributed by atoms with van der Waals surface area (Å²) in [6.45, 7) is 2.09. The Hall–Kier alpha value is -1.39. The molecule has 0 aliphatic carbocycles. The monoisotopic (exact) mass is 318 g/mol. The first-order valence-electron chi connectivity index (χ1n) is 5.61. The van der Waals surface area contributed by atoms with Gasteiger partial charge in [-0.25, -0.2) is 4.98 Å². The van der Waals surface area contributed by atoms with E-state index in [2.05, 4.69) is 45.3 Å². The van der Waals surface area contributed by atoms with Crippen LogP contribution in [0.3, 0.4) is 0 Å². The molecule has 0 unspecified atom stereocenters. The van der Waals surface area contributed by atoms with Crippen LogP contribution in [0.5, 0.6) is 0 Å². The molecule has 90 valence electrons. The molecule has 2 aromatic carbocycles. The van der Waals surface area contributed by atoms with Crippen molar-refractivity contribution >= 4 is 48.3 Å². The molecule has 0 spiro atoms. The molecule has 0 radical (unpaired) electrons. The van der Waals surface area contributed by atoms with Crippen LogP contribution in [-0.2, 0) is 0 Å². The Morgan fingerprint density at radius 3 is 2.72 bits per heavy atom. The van der Waals surface area contributed by atoms with Crippen LogP contribution in [0.15, 0.2) is 46.9 Å². The van der Waals surface area contributed by atoms with E-state index in [1.165, 1.54) is 10.3 Å². The normalized spacial score (nSPS) is 10.8. The van der Waals surface area contributed by atoms with Crippen LogP contribution in [0.1, 0.15) is 5.56 Å². The minimum Gasteiger partial charge on any atom is -0.332 e. The highest BCUT2D eigenvalue weighted by atomic mass is 79.9. The third-order valence-corrected chi connectivity index (χ3v) is 4.14. The summed E-state index contributed by atoms with van der Waals surface area (Å²) in [5, 5.41) is 4.25. The molecule has 0 aliphatic rings. The van der Waals surface area contributed by atoms with Crippen molar-refractivity contribution in [3.8, 4) is 0 Å². The van der Waals surface area contributed by atoms with Crippen LogP contribution < -0.4 is 5.32 Å². The van der Waals surface area contributed by atoms with E-state index in [1.807, 2.05) is 30.3 Å². The lowest BCUT2D eigenvalue weighted by molar-refractivity contribution is 1.42. The van der Waals surface area contributed by atoms with Gasteiger partial charge in [-0.3, -0.25) is 0 Å². The summed E-state index contributed by atoms with van der Waals surface area (Å²) in [6, 6.07) is 14.3. The highest BCUT2D eigenvalue weighted by Crippen LogP contribution is 2.33. The van der Waals surface area contributed by atoms with Crippen molar-refractivity contribution < 1.29 is 0 Å². The second-order valence-electron chi connectivity index (χ2n) is 4.10. The molecule has 0 atom stereocenters. The van der Waals surface area contributed by atoms with Crippen molar-refractivity contribution in [1.82, 2.24) is 4.98 Å². The number of halogens is 1. The first-order chi connectivity index (χ1) is 8.72. The van der Waals surface area contributed by atoms with Crippen LogP contribution in [-0.4, -0.2) is 4.98 Å². The van der Waals surface area contributed by atoms with Crippen molar-refractivity contribution in [2.75, 3.05) is 5.32 Å². The van der Waals surface area contributed by atoms with E-state index in [9.17, 15) is 0 Å². The van der Waals surface area contributed by atoms with Crippen LogP contribution in [0.4, 0.5) is 10.8 Å². The van der Waals surface area contributed by atoms with Gasteiger partial charge < -0.3 is 5.32 Å². The van der Waals surface area contributed by atoms with Gasteiger partial charge in [0.1, 0.15) is 0 Å². The lowest BCUT2D eigenvalue weighted by Gasteiger charge is -1.99. The standard InChI is InChI=1S/C14H11BrN2S/c1-9-7-11(15)13-12(8-9)18-14(17-13)16-10-5-3-2-4-6-10/h2-8H,1H3,(H,16,17). The number of thiazole rings is 1. The molecule has 0 saturated heterocycles. The highest BCUT2D eigenvalue weighted by Gasteiger charge is 2.07. The van der Waals surface area contributed by atoms with Gasteiger partial charge in [-0.2, -0.15) is 0 Å². The van der Waals surface area contributed by atoms with Gasteiger partial charge in [0.15, 0.2) is 5.13 Å². The Balaban J connectivity index is 2.01. The van der Waals surface area contributed by atoms with Gasteiger partial charge in [0.25, 0.3) is 0 Å². The van der Waals surface area contributed by atoms with Gasteiger partial charge in [0.2, 0.25) is 0 Å². The highest BCUT2D eigenvalue weighted by molar-refractivity contribution is 9.10. The number of nitrogens with zero attached hydrogens (tertiary/aromatic N) is 1. The summed E-state index contributed by atoms with van der Waals surface area (Å²) in [5.41, 5.74) is 3.32. The fraction of sp³-hybridized carbons (Fsp3) is 0.0714. The van der Waals surface area contributed by atoms with Crippen molar-refractivity contribution in [2.45, 2.75) is 6.92 Å². The van der Waals surface area contributed by atoms with E-state index in [0.717, 1.165) is 20.8 Å². The van der Waals surface area contributed by atoms with Gasteiger partial charge in [-0.15, -0.1) is 0 Å². The summed E-state index contributed by atoms with van der Waals surface area (Å²) in [6.07, 6.45) is 0. The van der Waals surface area contributed by atoms with Gasteiger partial charge in [0.05, 0.1) is 10.2 Å². The van der Waals surface area contributed by atoms with Gasteiger partial charge in [-0.05, 0) is 52.7 Å². The van der Waals surface area contributed by atoms with E-state index < -0.39 is 0 Å². The van der Waals surface area contributed by atoms with E-state index >= 15 is 0 Å². The predicted molar refractivity (Wildman–Crippen MR) is 81.8 cm³/mol. The molecule has 1 aromatic heterocycles. The van der Waals surface area contributed by atoms with Gasteiger partial charge in [0, 0.05) is 10.2 Å². The van der Waals surface area contributed by atoms with Crippen LogP contribution in [0.2, 0.25) is 0 Å². The Morgan fingerprint density at radius 1 is 1.17 bits per heavy atom. The van der Waals surface area contributed by atoms with Crippen molar-refractivity contribution in [1.29, 1.82) is 0 Å². The number of benzene rings is 2. The number of anilines is 2. The number of aryl methyl sites for hydroxylation is 1. The van der Waals surface area contributed by atoms with Crippen LogP contribution in [0, 0.1) is 6.92 Å². The van der Waals surface area contributed by atoms with Crippen LogP contribution in [0.25, 0.3) is 10.2 Å². The van der Waals surface area contributed by atoms with Crippen molar-refractivity contribution in [3.05, 3.63) is 52.5 Å². The quantitative estimate of drug-likeness (QED) is 0.710. The number of rotatable bonds is 2.